The van der Waals surface area contributed by atoms with Gasteiger partial charge < -0.3 is 20.3 Å². The molecule has 0 spiro atoms. The standard InChI is InChI=1S/C20H24N2O4/c1-12-10-15(11-13(2)19(12)26-9-8-23)14(3)22-18-16(20(21)24)6-5-7-17(18)25-4/h5-7,10-11,23H,8-9H2,1-4H3,(H2,21,24). The maximum atomic E-state index is 11.7. The zero-order valence-electron chi connectivity index (χ0n) is 15.5. The number of carbonyl (C=O) groups excluding carboxylic acids is 1. The van der Waals surface area contributed by atoms with Gasteiger partial charge >= 0.3 is 0 Å². The van der Waals surface area contributed by atoms with E-state index < -0.39 is 5.91 Å². The van der Waals surface area contributed by atoms with Crippen molar-refractivity contribution in [3.8, 4) is 11.5 Å². The van der Waals surface area contributed by atoms with Crippen LogP contribution in [-0.4, -0.2) is 37.0 Å². The summed E-state index contributed by atoms with van der Waals surface area (Å²) in [6.45, 7) is 5.95. The van der Waals surface area contributed by atoms with Gasteiger partial charge in [0.2, 0.25) is 0 Å². The van der Waals surface area contributed by atoms with E-state index in [1.165, 1.54) is 7.11 Å². The number of nitrogens with zero attached hydrogens (tertiary/aromatic N) is 1. The highest BCUT2D eigenvalue weighted by atomic mass is 16.5. The minimum Gasteiger partial charge on any atom is -0.494 e. The fourth-order valence-corrected chi connectivity index (χ4v) is 2.77. The molecule has 2 aromatic carbocycles. The van der Waals surface area contributed by atoms with E-state index in [4.69, 9.17) is 20.3 Å². The fourth-order valence-electron chi connectivity index (χ4n) is 2.77. The van der Waals surface area contributed by atoms with Gasteiger partial charge in [0, 0.05) is 5.71 Å². The zero-order valence-corrected chi connectivity index (χ0v) is 15.5. The number of hydrogen-bond donors (Lipinski definition) is 2. The first-order valence-corrected chi connectivity index (χ1v) is 8.26. The summed E-state index contributed by atoms with van der Waals surface area (Å²) in [4.78, 5) is 16.3. The Morgan fingerprint density at radius 3 is 2.42 bits per heavy atom. The van der Waals surface area contributed by atoms with Crippen LogP contribution >= 0.6 is 0 Å². The molecular weight excluding hydrogens is 332 g/mol. The molecule has 1 amide bonds. The van der Waals surface area contributed by atoms with Crippen LogP contribution in [0.2, 0.25) is 0 Å². The first-order valence-electron chi connectivity index (χ1n) is 8.26. The minimum atomic E-state index is -0.560. The van der Waals surface area contributed by atoms with E-state index in [2.05, 4.69) is 4.99 Å². The third-order valence-corrected chi connectivity index (χ3v) is 3.98. The molecule has 0 saturated carbocycles. The van der Waals surface area contributed by atoms with Gasteiger partial charge in [0.25, 0.3) is 5.91 Å². The molecule has 0 aliphatic heterocycles. The van der Waals surface area contributed by atoms with Crippen LogP contribution in [0.25, 0.3) is 0 Å². The molecule has 2 rings (SSSR count). The quantitative estimate of drug-likeness (QED) is 0.746. The van der Waals surface area contributed by atoms with Crippen LogP contribution in [0.3, 0.4) is 0 Å². The Hall–Kier alpha value is -2.86. The summed E-state index contributed by atoms with van der Waals surface area (Å²) in [5.74, 6) is 0.679. The number of benzene rings is 2. The molecule has 0 unspecified atom stereocenters. The summed E-state index contributed by atoms with van der Waals surface area (Å²) < 4.78 is 10.9. The van der Waals surface area contributed by atoms with Crippen molar-refractivity contribution < 1.29 is 19.4 Å². The van der Waals surface area contributed by atoms with Gasteiger partial charge in [0.15, 0.2) is 0 Å². The van der Waals surface area contributed by atoms with Crippen LogP contribution < -0.4 is 15.2 Å². The Labute approximate surface area is 153 Å². The highest BCUT2D eigenvalue weighted by molar-refractivity contribution is 6.05. The first kappa shape index (κ1) is 19.5. The lowest BCUT2D eigenvalue weighted by Crippen LogP contribution is -2.12. The van der Waals surface area contributed by atoms with Crippen LogP contribution in [-0.2, 0) is 0 Å². The van der Waals surface area contributed by atoms with E-state index in [-0.39, 0.29) is 13.2 Å². The lowest BCUT2D eigenvalue weighted by molar-refractivity contribution is 0.100. The Kier molecular flexibility index (Phi) is 6.36. The van der Waals surface area contributed by atoms with E-state index in [1.807, 2.05) is 32.9 Å². The van der Waals surface area contributed by atoms with Gasteiger partial charge in [-0.1, -0.05) is 6.07 Å². The SMILES string of the molecule is COc1cccc(C(N)=O)c1N=C(C)c1cc(C)c(OCCO)c(C)c1. The van der Waals surface area contributed by atoms with Gasteiger partial charge in [-0.3, -0.25) is 4.79 Å². The molecule has 0 saturated heterocycles. The summed E-state index contributed by atoms with van der Waals surface area (Å²) in [5.41, 5.74) is 9.69. The Morgan fingerprint density at radius 2 is 1.88 bits per heavy atom. The van der Waals surface area contributed by atoms with Gasteiger partial charge in [0.05, 0.1) is 19.3 Å². The van der Waals surface area contributed by atoms with Crippen LogP contribution in [0.1, 0.15) is 34.0 Å². The van der Waals surface area contributed by atoms with Crippen LogP contribution in [0, 0.1) is 13.8 Å². The number of hydrogen-bond acceptors (Lipinski definition) is 5. The van der Waals surface area contributed by atoms with Crippen molar-refractivity contribution in [2.45, 2.75) is 20.8 Å². The van der Waals surface area contributed by atoms with E-state index in [0.717, 1.165) is 28.2 Å². The number of ether oxygens (including phenoxy) is 2. The number of carbonyl (C=O) groups is 1. The van der Waals surface area contributed by atoms with E-state index >= 15 is 0 Å². The van der Waals surface area contributed by atoms with Crippen molar-refractivity contribution >= 4 is 17.3 Å². The van der Waals surface area contributed by atoms with Gasteiger partial charge in [-0.25, -0.2) is 4.99 Å². The van der Waals surface area contributed by atoms with Crippen molar-refractivity contribution in [1.82, 2.24) is 0 Å². The number of para-hydroxylation sites is 1. The van der Waals surface area contributed by atoms with Crippen molar-refractivity contribution in [3.63, 3.8) is 0 Å². The number of aliphatic hydroxyl groups is 1. The van der Waals surface area contributed by atoms with Crippen LogP contribution in [0.4, 0.5) is 5.69 Å². The number of nitrogens with two attached hydrogens (primary N) is 1. The van der Waals surface area contributed by atoms with Crippen molar-refractivity contribution in [2.75, 3.05) is 20.3 Å². The molecule has 0 aromatic heterocycles. The second-order valence-electron chi connectivity index (χ2n) is 5.93. The predicted molar refractivity (Wildman–Crippen MR) is 102 cm³/mol. The zero-order chi connectivity index (χ0) is 19.3. The number of aliphatic imine (C=N–C) groups is 1. The largest absolute Gasteiger partial charge is 0.494 e. The summed E-state index contributed by atoms with van der Waals surface area (Å²) in [7, 11) is 1.52. The summed E-state index contributed by atoms with van der Waals surface area (Å²) in [6, 6.07) is 8.98. The average Bonchev–Trinajstić information content (AvgIpc) is 2.60. The van der Waals surface area contributed by atoms with Crippen LogP contribution in [0.5, 0.6) is 11.5 Å². The van der Waals surface area contributed by atoms with Crippen molar-refractivity contribution in [1.29, 1.82) is 0 Å². The third kappa shape index (κ3) is 4.21. The second kappa shape index (κ2) is 8.49. The molecule has 138 valence electrons. The highest BCUT2D eigenvalue weighted by Crippen LogP contribution is 2.32. The summed E-state index contributed by atoms with van der Waals surface area (Å²) in [5, 5.41) is 8.94. The monoisotopic (exact) mass is 356 g/mol. The van der Waals surface area contributed by atoms with Gasteiger partial charge in [-0.05, 0) is 61.7 Å². The summed E-state index contributed by atoms with van der Waals surface area (Å²) >= 11 is 0. The summed E-state index contributed by atoms with van der Waals surface area (Å²) in [6.07, 6.45) is 0. The number of primary amides is 1. The number of aryl methyl sites for hydroxylation is 2. The van der Waals surface area contributed by atoms with Crippen molar-refractivity contribution in [3.05, 3.63) is 52.6 Å². The lowest BCUT2D eigenvalue weighted by Gasteiger charge is -2.14. The molecule has 0 radical (unpaired) electrons. The number of rotatable bonds is 7. The van der Waals surface area contributed by atoms with Crippen molar-refractivity contribution in [2.24, 2.45) is 10.7 Å². The predicted octanol–water partition coefficient (Wildman–Crippen LogP) is 2.92. The molecular formula is C20H24N2O4. The van der Waals surface area contributed by atoms with E-state index in [9.17, 15) is 4.79 Å². The molecule has 6 heteroatoms. The van der Waals surface area contributed by atoms with Gasteiger partial charge in [0.1, 0.15) is 23.8 Å². The molecule has 6 nitrogen and oxygen atoms in total. The fraction of sp³-hybridized carbons (Fsp3) is 0.300. The smallest absolute Gasteiger partial charge is 0.251 e. The molecule has 0 aliphatic carbocycles. The molecule has 3 N–H and O–H groups in total. The highest BCUT2D eigenvalue weighted by Gasteiger charge is 2.14. The topological polar surface area (TPSA) is 94.1 Å². The Balaban J connectivity index is 2.50. The Bertz CT molecular complexity index is 821. The molecule has 0 aliphatic rings. The minimum absolute atomic E-state index is 0.0369. The van der Waals surface area contributed by atoms with Crippen LogP contribution in [0.15, 0.2) is 35.3 Å². The number of methoxy groups -OCH3 is 1. The Morgan fingerprint density at radius 1 is 1.23 bits per heavy atom. The first-order chi connectivity index (χ1) is 12.4. The molecule has 0 fully saturated rings. The second-order valence-corrected chi connectivity index (χ2v) is 5.93. The van der Waals surface area contributed by atoms with E-state index in [0.29, 0.717) is 17.0 Å². The number of aliphatic hydroxyl groups excluding tert-OH is 1. The molecule has 26 heavy (non-hydrogen) atoms. The molecule has 0 bridgehead atoms. The van der Waals surface area contributed by atoms with E-state index in [1.54, 1.807) is 18.2 Å². The third-order valence-electron chi connectivity index (χ3n) is 3.98. The number of amides is 1. The lowest BCUT2D eigenvalue weighted by atomic mass is 10.0. The maximum Gasteiger partial charge on any atom is 0.251 e. The molecule has 0 heterocycles. The van der Waals surface area contributed by atoms with Gasteiger partial charge in [-0.2, -0.15) is 0 Å². The normalized spacial score (nSPS) is 11.3. The van der Waals surface area contributed by atoms with Gasteiger partial charge in [-0.15, -0.1) is 0 Å². The molecule has 0 atom stereocenters. The maximum absolute atomic E-state index is 11.7. The average molecular weight is 356 g/mol. The molecule has 2 aromatic rings.